The lowest BCUT2D eigenvalue weighted by atomic mass is 9.59. The molecule has 0 saturated carbocycles. The summed E-state index contributed by atoms with van der Waals surface area (Å²) in [5.41, 5.74) is -2.06. The fourth-order valence-electron chi connectivity index (χ4n) is 4.64. The molecule has 0 amide bonds. The third-order valence-electron chi connectivity index (χ3n) is 5.76. The molecule has 0 heterocycles. The molecule has 0 saturated heterocycles. The number of unbranched alkanes of at least 4 members (excludes halogenated alkanes) is 2. The van der Waals surface area contributed by atoms with Crippen molar-refractivity contribution in [1.82, 2.24) is 0 Å². The van der Waals surface area contributed by atoms with E-state index in [1.807, 2.05) is 27.7 Å². The molecule has 0 aliphatic heterocycles. The van der Waals surface area contributed by atoms with Crippen molar-refractivity contribution in [3.05, 3.63) is 0 Å². The molecule has 3 atom stereocenters. The first-order valence-corrected chi connectivity index (χ1v) is 12.0. The third-order valence-corrected chi connectivity index (χ3v) is 6.95. The highest BCUT2D eigenvalue weighted by atomic mass is 32.2. The molecule has 3 unspecified atom stereocenters. The first-order valence-electron chi connectivity index (χ1n) is 10.5. The average Bonchev–Trinajstić information content (AvgIpc) is 2.58. The summed E-state index contributed by atoms with van der Waals surface area (Å²) in [4.78, 5) is 24.8. The summed E-state index contributed by atoms with van der Waals surface area (Å²) in [5.74, 6) is -4.51. The summed E-state index contributed by atoms with van der Waals surface area (Å²) in [7, 11) is -5.12. The van der Waals surface area contributed by atoms with Gasteiger partial charge >= 0.3 is 11.9 Å². The lowest BCUT2D eigenvalue weighted by Crippen LogP contribution is -2.59. The zero-order valence-corrected chi connectivity index (χ0v) is 18.5. The van der Waals surface area contributed by atoms with Crippen molar-refractivity contribution in [1.29, 1.82) is 0 Å². The minimum atomic E-state index is -5.12. The van der Waals surface area contributed by atoms with Gasteiger partial charge in [0.15, 0.2) is 5.25 Å². The molecule has 8 heteroatoms. The molecule has 0 fully saturated rings. The molecule has 0 rings (SSSR count). The lowest BCUT2D eigenvalue weighted by Gasteiger charge is -2.46. The number of carbonyl (C=O) groups is 2. The number of carboxylic acid groups (broad SMARTS) is 2. The summed E-state index contributed by atoms with van der Waals surface area (Å²) in [6.07, 6.45) is 5.76. The molecule has 0 aromatic carbocycles. The fourth-order valence-corrected chi connectivity index (χ4v) is 5.88. The van der Waals surface area contributed by atoms with E-state index in [2.05, 4.69) is 0 Å². The molecule has 0 aliphatic rings. The maximum absolute atomic E-state index is 12.7. The van der Waals surface area contributed by atoms with Crippen molar-refractivity contribution in [2.24, 2.45) is 17.3 Å². The Kier molecular flexibility index (Phi) is 11.9. The van der Waals surface area contributed by atoms with Gasteiger partial charge in [0.2, 0.25) is 0 Å². The molecular weight excluding hydrogens is 384 g/mol. The number of hydrogen-bond acceptors (Lipinski definition) is 4. The Labute approximate surface area is 169 Å². The quantitative estimate of drug-likeness (QED) is 0.310. The zero-order chi connectivity index (χ0) is 22.0. The molecule has 0 aromatic heterocycles. The second-order valence-corrected chi connectivity index (χ2v) is 9.23. The van der Waals surface area contributed by atoms with Gasteiger partial charge in [0.05, 0.1) is 0 Å². The molecule has 3 N–H and O–H groups in total. The molecule has 0 spiro atoms. The van der Waals surface area contributed by atoms with E-state index in [0.717, 1.165) is 12.8 Å². The van der Waals surface area contributed by atoms with Gasteiger partial charge in [0.25, 0.3) is 10.1 Å². The van der Waals surface area contributed by atoms with Crippen molar-refractivity contribution >= 4 is 22.1 Å². The van der Waals surface area contributed by atoms with Gasteiger partial charge in [-0.25, -0.2) is 0 Å². The highest BCUT2D eigenvalue weighted by Gasteiger charge is 2.62. The van der Waals surface area contributed by atoms with E-state index >= 15 is 0 Å². The highest BCUT2D eigenvalue weighted by Crippen LogP contribution is 2.50. The van der Waals surface area contributed by atoms with Crippen LogP contribution in [0.5, 0.6) is 0 Å². The maximum Gasteiger partial charge on any atom is 0.325 e. The van der Waals surface area contributed by atoms with E-state index in [9.17, 15) is 32.8 Å². The minimum Gasteiger partial charge on any atom is -0.481 e. The maximum atomic E-state index is 12.7. The van der Waals surface area contributed by atoms with Gasteiger partial charge in [-0.1, -0.05) is 66.2 Å². The van der Waals surface area contributed by atoms with Gasteiger partial charge in [0.1, 0.15) is 5.41 Å². The van der Waals surface area contributed by atoms with Gasteiger partial charge in [-0.3, -0.25) is 14.1 Å². The lowest BCUT2D eigenvalue weighted by molar-refractivity contribution is -0.166. The SMILES string of the molecule is CCCCC(CCC)C(C(=O)O)(C(CCC)CCCC)C(C(=O)O)S(=O)(=O)O. The monoisotopic (exact) mass is 422 g/mol. The van der Waals surface area contributed by atoms with Gasteiger partial charge < -0.3 is 10.2 Å². The number of hydrogen-bond donors (Lipinski definition) is 3. The summed E-state index contributed by atoms with van der Waals surface area (Å²) in [6.45, 7) is 7.64. The largest absolute Gasteiger partial charge is 0.481 e. The van der Waals surface area contributed by atoms with Crippen LogP contribution in [-0.2, 0) is 19.7 Å². The predicted octanol–water partition coefficient (Wildman–Crippen LogP) is 4.61. The van der Waals surface area contributed by atoms with Gasteiger partial charge in [-0.05, 0) is 37.5 Å². The van der Waals surface area contributed by atoms with Gasteiger partial charge in [-0.2, -0.15) is 8.42 Å². The van der Waals surface area contributed by atoms with Crippen molar-refractivity contribution < 1.29 is 32.8 Å². The van der Waals surface area contributed by atoms with Crippen LogP contribution in [0.15, 0.2) is 0 Å². The standard InChI is InChI=1S/C20H38O7S/c1-5-9-13-15(11-7-3)20(19(23)24,16(12-8-4)14-10-6-2)17(18(21)22)28(25,26)27/h15-17H,5-14H2,1-4H3,(H,21,22)(H,23,24)(H,25,26,27). The smallest absolute Gasteiger partial charge is 0.325 e. The van der Waals surface area contributed by atoms with E-state index in [0.29, 0.717) is 51.4 Å². The van der Waals surface area contributed by atoms with Gasteiger partial charge in [-0.15, -0.1) is 0 Å². The third kappa shape index (κ3) is 6.44. The van der Waals surface area contributed by atoms with Crippen LogP contribution < -0.4 is 0 Å². The number of rotatable bonds is 16. The van der Waals surface area contributed by atoms with Crippen LogP contribution in [0.3, 0.4) is 0 Å². The second kappa shape index (κ2) is 12.4. The zero-order valence-electron chi connectivity index (χ0n) is 17.7. The van der Waals surface area contributed by atoms with Crippen LogP contribution in [0, 0.1) is 17.3 Å². The van der Waals surface area contributed by atoms with Crippen molar-refractivity contribution in [3.63, 3.8) is 0 Å². The second-order valence-electron chi connectivity index (χ2n) is 7.73. The molecule has 7 nitrogen and oxygen atoms in total. The van der Waals surface area contributed by atoms with Crippen LogP contribution in [0.25, 0.3) is 0 Å². The van der Waals surface area contributed by atoms with E-state index in [-0.39, 0.29) is 0 Å². The molecule has 28 heavy (non-hydrogen) atoms. The first-order chi connectivity index (χ1) is 13.0. The van der Waals surface area contributed by atoms with E-state index in [1.165, 1.54) is 0 Å². The Morgan fingerprint density at radius 3 is 1.39 bits per heavy atom. The van der Waals surface area contributed by atoms with E-state index in [4.69, 9.17) is 0 Å². The Morgan fingerprint density at radius 2 is 1.18 bits per heavy atom. The first kappa shape index (κ1) is 26.9. The van der Waals surface area contributed by atoms with Crippen molar-refractivity contribution in [2.45, 2.75) is 97.2 Å². The topological polar surface area (TPSA) is 129 Å². The summed E-state index contributed by atoms with van der Waals surface area (Å²) >= 11 is 0. The molecule has 0 aromatic rings. The van der Waals surface area contributed by atoms with Crippen LogP contribution in [0.4, 0.5) is 0 Å². The van der Waals surface area contributed by atoms with E-state index in [1.54, 1.807) is 0 Å². The molecule has 0 aliphatic carbocycles. The van der Waals surface area contributed by atoms with Crippen molar-refractivity contribution in [3.8, 4) is 0 Å². The fraction of sp³-hybridized carbons (Fsp3) is 0.900. The van der Waals surface area contributed by atoms with Crippen LogP contribution in [0.1, 0.15) is 91.9 Å². The highest BCUT2D eigenvalue weighted by molar-refractivity contribution is 7.87. The summed E-state index contributed by atoms with van der Waals surface area (Å²) in [5, 5.41) is 17.8. The average molecular weight is 423 g/mol. The number of carboxylic acids is 2. The van der Waals surface area contributed by atoms with Crippen molar-refractivity contribution in [2.75, 3.05) is 0 Å². The van der Waals surface area contributed by atoms with E-state index < -0.39 is 44.6 Å². The number of aliphatic carboxylic acids is 2. The van der Waals surface area contributed by atoms with Crippen LogP contribution in [-0.4, -0.2) is 40.4 Å². The van der Waals surface area contributed by atoms with Crippen LogP contribution >= 0.6 is 0 Å². The molecule has 166 valence electrons. The Balaban J connectivity index is 6.91. The molecule has 0 radical (unpaired) electrons. The van der Waals surface area contributed by atoms with Gasteiger partial charge in [0, 0.05) is 0 Å². The summed E-state index contributed by atoms with van der Waals surface area (Å²) < 4.78 is 34.2. The minimum absolute atomic E-state index is 0.401. The Hall–Kier alpha value is -1.15. The Morgan fingerprint density at radius 1 is 0.786 bits per heavy atom. The van der Waals surface area contributed by atoms with Crippen LogP contribution in [0.2, 0.25) is 0 Å². The predicted molar refractivity (Wildman–Crippen MR) is 109 cm³/mol. The summed E-state index contributed by atoms with van der Waals surface area (Å²) in [6, 6.07) is 0. The molecule has 0 bridgehead atoms. The Bertz CT molecular complexity index is 567. The normalized spacial score (nSPS) is 17.5. The molecular formula is C20H38O7S.